The first-order valence-corrected chi connectivity index (χ1v) is 6.22. The molecule has 3 rings (SSSR count). The summed E-state index contributed by atoms with van der Waals surface area (Å²) in [5, 5.41) is 12.7. The average Bonchev–Trinajstić information content (AvgIpc) is 2.54. The standard InChI is InChI=1S/C15H12N4O2/c16-15(19-20)12-5-6-17-9-14(12)21-11-7-10-3-1-2-4-13(10)18-8-11/h1-9,20H,(H2,16,19). The molecule has 21 heavy (non-hydrogen) atoms. The number of pyridine rings is 2. The highest BCUT2D eigenvalue weighted by atomic mass is 16.5. The van der Waals surface area contributed by atoms with E-state index < -0.39 is 0 Å². The van der Waals surface area contributed by atoms with E-state index in [1.54, 1.807) is 18.5 Å². The van der Waals surface area contributed by atoms with Crippen LogP contribution in [0.15, 0.2) is 60.1 Å². The summed E-state index contributed by atoms with van der Waals surface area (Å²) in [5.41, 5.74) is 6.96. The summed E-state index contributed by atoms with van der Waals surface area (Å²) in [6, 6.07) is 11.2. The fourth-order valence-corrected chi connectivity index (χ4v) is 1.96. The number of fused-ring (bicyclic) bond motifs is 1. The van der Waals surface area contributed by atoms with E-state index in [2.05, 4.69) is 15.1 Å². The normalized spacial score (nSPS) is 11.5. The van der Waals surface area contributed by atoms with Crippen LogP contribution in [-0.4, -0.2) is 21.0 Å². The number of aromatic nitrogens is 2. The summed E-state index contributed by atoms with van der Waals surface area (Å²) in [6.07, 6.45) is 4.66. The number of rotatable bonds is 3. The second-order valence-electron chi connectivity index (χ2n) is 4.32. The van der Waals surface area contributed by atoms with Crippen molar-refractivity contribution in [2.24, 2.45) is 10.9 Å². The molecule has 6 heteroatoms. The van der Waals surface area contributed by atoms with Crippen molar-refractivity contribution in [3.05, 3.63) is 60.6 Å². The number of nitrogens with zero attached hydrogens (tertiary/aromatic N) is 3. The second kappa shape index (κ2) is 5.46. The van der Waals surface area contributed by atoms with Crippen molar-refractivity contribution in [3.8, 4) is 11.5 Å². The number of para-hydroxylation sites is 1. The molecule has 104 valence electrons. The molecule has 0 atom stereocenters. The van der Waals surface area contributed by atoms with E-state index in [4.69, 9.17) is 15.7 Å². The van der Waals surface area contributed by atoms with Crippen molar-refractivity contribution >= 4 is 16.7 Å². The molecule has 0 saturated heterocycles. The minimum absolute atomic E-state index is 0.0406. The predicted molar refractivity (Wildman–Crippen MR) is 78.6 cm³/mol. The first-order valence-electron chi connectivity index (χ1n) is 6.22. The Kier molecular flexibility index (Phi) is 3.34. The highest BCUT2D eigenvalue weighted by Gasteiger charge is 2.09. The van der Waals surface area contributed by atoms with Crippen LogP contribution in [-0.2, 0) is 0 Å². The molecule has 0 unspecified atom stereocenters. The number of hydrogen-bond acceptors (Lipinski definition) is 5. The van der Waals surface area contributed by atoms with Gasteiger partial charge in [-0.3, -0.25) is 9.97 Å². The molecule has 0 fully saturated rings. The maximum Gasteiger partial charge on any atom is 0.173 e. The van der Waals surface area contributed by atoms with Crippen molar-refractivity contribution in [2.75, 3.05) is 0 Å². The smallest absolute Gasteiger partial charge is 0.173 e. The van der Waals surface area contributed by atoms with Crippen LogP contribution in [0.3, 0.4) is 0 Å². The second-order valence-corrected chi connectivity index (χ2v) is 4.32. The molecule has 0 saturated carbocycles. The topological polar surface area (TPSA) is 93.6 Å². The molecule has 6 nitrogen and oxygen atoms in total. The lowest BCUT2D eigenvalue weighted by atomic mass is 10.2. The van der Waals surface area contributed by atoms with Gasteiger partial charge in [-0.2, -0.15) is 0 Å². The van der Waals surface area contributed by atoms with Gasteiger partial charge in [-0.15, -0.1) is 0 Å². The molecule has 0 aliphatic heterocycles. The van der Waals surface area contributed by atoms with Gasteiger partial charge in [0.2, 0.25) is 0 Å². The predicted octanol–water partition coefficient (Wildman–Crippen LogP) is 2.52. The van der Waals surface area contributed by atoms with E-state index in [-0.39, 0.29) is 5.84 Å². The molecule has 0 aliphatic rings. The summed E-state index contributed by atoms with van der Waals surface area (Å²) < 4.78 is 5.74. The SMILES string of the molecule is N/C(=N/O)c1ccncc1Oc1cnc2ccccc2c1. The third-order valence-electron chi connectivity index (χ3n) is 2.96. The van der Waals surface area contributed by atoms with Gasteiger partial charge in [0.05, 0.1) is 23.5 Å². The van der Waals surface area contributed by atoms with Crippen LogP contribution in [0.25, 0.3) is 10.9 Å². The first-order chi connectivity index (χ1) is 10.3. The molecule has 0 radical (unpaired) electrons. The van der Waals surface area contributed by atoms with E-state index in [9.17, 15) is 0 Å². The Bertz CT molecular complexity index is 817. The molecular formula is C15H12N4O2. The Labute approximate surface area is 120 Å². The molecule has 2 aromatic heterocycles. The van der Waals surface area contributed by atoms with Gasteiger partial charge in [-0.05, 0) is 18.2 Å². The Morgan fingerprint density at radius 2 is 2.05 bits per heavy atom. The van der Waals surface area contributed by atoms with Crippen molar-refractivity contribution in [3.63, 3.8) is 0 Å². The van der Waals surface area contributed by atoms with E-state index >= 15 is 0 Å². The molecule has 0 spiro atoms. The van der Waals surface area contributed by atoms with Crippen LogP contribution >= 0.6 is 0 Å². The van der Waals surface area contributed by atoms with Crippen molar-refractivity contribution < 1.29 is 9.94 Å². The molecule has 3 aromatic rings. The number of oxime groups is 1. The zero-order valence-corrected chi connectivity index (χ0v) is 11.0. The highest BCUT2D eigenvalue weighted by molar-refractivity contribution is 5.99. The quantitative estimate of drug-likeness (QED) is 0.333. The average molecular weight is 280 g/mol. The number of hydrogen-bond donors (Lipinski definition) is 2. The van der Waals surface area contributed by atoms with E-state index in [1.807, 2.05) is 30.3 Å². The molecule has 0 bridgehead atoms. The van der Waals surface area contributed by atoms with Gasteiger partial charge in [0, 0.05) is 11.6 Å². The maximum absolute atomic E-state index is 8.79. The largest absolute Gasteiger partial charge is 0.453 e. The number of benzene rings is 1. The molecule has 0 amide bonds. The summed E-state index contributed by atoms with van der Waals surface area (Å²) in [4.78, 5) is 8.30. The Morgan fingerprint density at radius 3 is 2.90 bits per heavy atom. The zero-order valence-electron chi connectivity index (χ0n) is 11.0. The minimum Gasteiger partial charge on any atom is -0.453 e. The number of amidine groups is 1. The summed E-state index contributed by atoms with van der Waals surface area (Å²) in [6.45, 7) is 0. The van der Waals surface area contributed by atoms with Crippen molar-refractivity contribution in [1.29, 1.82) is 0 Å². The van der Waals surface area contributed by atoms with E-state index in [0.717, 1.165) is 10.9 Å². The van der Waals surface area contributed by atoms with E-state index in [0.29, 0.717) is 17.1 Å². The fourth-order valence-electron chi connectivity index (χ4n) is 1.96. The van der Waals surface area contributed by atoms with Gasteiger partial charge in [0.25, 0.3) is 0 Å². The molecule has 2 heterocycles. The van der Waals surface area contributed by atoms with Crippen molar-refractivity contribution in [2.45, 2.75) is 0 Å². The molecule has 3 N–H and O–H groups in total. The van der Waals surface area contributed by atoms with Gasteiger partial charge >= 0.3 is 0 Å². The van der Waals surface area contributed by atoms with Gasteiger partial charge in [0.15, 0.2) is 11.6 Å². The van der Waals surface area contributed by atoms with Crippen LogP contribution in [0.4, 0.5) is 0 Å². The van der Waals surface area contributed by atoms with Crippen LogP contribution in [0.1, 0.15) is 5.56 Å². The minimum atomic E-state index is -0.0406. The Balaban J connectivity index is 1.99. The lowest BCUT2D eigenvalue weighted by molar-refractivity contribution is 0.318. The van der Waals surface area contributed by atoms with Gasteiger partial charge in [0.1, 0.15) is 5.75 Å². The monoisotopic (exact) mass is 280 g/mol. The van der Waals surface area contributed by atoms with E-state index in [1.165, 1.54) is 6.20 Å². The molecular weight excluding hydrogens is 268 g/mol. The lowest BCUT2D eigenvalue weighted by Crippen LogP contribution is -2.14. The fraction of sp³-hybridized carbons (Fsp3) is 0. The molecule has 1 aromatic carbocycles. The summed E-state index contributed by atoms with van der Waals surface area (Å²) >= 11 is 0. The van der Waals surface area contributed by atoms with Crippen molar-refractivity contribution in [1.82, 2.24) is 9.97 Å². The third kappa shape index (κ3) is 2.59. The summed E-state index contributed by atoms with van der Waals surface area (Å²) in [7, 11) is 0. The number of ether oxygens (including phenoxy) is 1. The summed E-state index contributed by atoms with van der Waals surface area (Å²) in [5.74, 6) is 0.903. The number of nitrogens with two attached hydrogens (primary N) is 1. The Morgan fingerprint density at radius 1 is 1.19 bits per heavy atom. The molecule has 0 aliphatic carbocycles. The zero-order chi connectivity index (χ0) is 14.7. The van der Waals surface area contributed by atoms with Crippen LogP contribution < -0.4 is 10.5 Å². The first kappa shape index (κ1) is 12.9. The third-order valence-corrected chi connectivity index (χ3v) is 2.96. The Hall–Kier alpha value is -3.15. The maximum atomic E-state index is 8.79. The lowest BCUT2D eigenvalue weighted by Gasteiger charge is -2.09. The van der Waals surface area contributed by atoms with Crippen LogP contribution in [0, 0.1) is 0 Å². The van der Waals surface area contributed by atoms with Crippen LogP contribution in [0.2, 0.25) is 0 Å². The van der Waals surface area contributed by atoms with Gasteiger partial charge < -0.3 is 15.7 Å². The van der Waals surface area contributed by atoms with Crippen LogP contribution in [0.5, 0.6) is 11.5 Å². The highest BCUT2D eigenvalue weighted by Crippen LogP contribution is 2.26. The van der Waals surface area contributed by atoms with Gasteiger partial charge in [-0.1, -0.05) is 23.4 Å². The van der Waals surface area contributed by atoms with Gasteiger partial charge in [-0.25, -0.2) is 0 Å².